The largest absolute Gasteiger partial charge is 0.337 e. The van der Waals surface area contributed by atoms with Gasteiger partial charge in [0.2, 0.25) is 0 Å². The highest BCUT2D eigenvalue weighted by Crippen LogP contribution is 2.23. The molecule has 4 aromatic rings. The molecule has 0 radical (unpaired) electrons. The summed E-state index contributed by atoms with van der Waals surface area (Å²) in [5.41, 5.74) is 3.41. The highest BCUT2D eigenvalue weighted by molar-refractivity contribution is 5.92. The van der Waals surface area contributed by atoms with E-state index in [0.717, 1.165) is 48.4 Å². The van der Waals surface area contributed by atoms with Gasteiger partial charge < -0.3 is 9.30 Å². The summed E-state index contributed by atoms with van der Waals surface area (Å²) in [6.07, 6.45) is 7.13. The number of benzene rings is 1. The van der Waals surface area contributed by atoms with Gasteiger partial charge in [-0.15, -0.1) is 0 Å². The molecule has 0 saturated carbocycles. The second-order valence-corrected chi connectivity index (χ2v) is 7.41. The molecular weight excluding hydrogens is 367 g/mol. The van der Waals surface area contributed by atoms with Crippen molar-refractivity contribution >= 4 is 11.4 Å². The van der Waals surface area contributed by atoms with Crippen molar-refractivity contribution in [1.29, 1.82) is 0 Å². The van der Waals surface area contributed by atoms with E-state index < -0.39 is 0 Å². The third-order valence-corrected chi connectivity index (χ3v) is 5.49. The van der Waals surface area contributed by atoms with Crippen LogP contribution in [-0.2, 0) is 0 Å². The van der Waals surface area contributed by atoms with Gasteiger partial charge in [0.1, 0.15) is 11.6 Å². The quantitative estimate of drug-likeness (QED) is 0.516. The predicted octanol–water partition coefficient (Wildman–Crippen LogP) is 4.56. The van der Waals surface area contributed by atoms with E-state index in [1.165, 1.54) is 18.6 Å². The van der Waals surface area contributed by atoms with Crippen LogP contribution >= 0.6 is 0 Å². The zero-order chi connectivity index (χ0) is 19.8. The number of piperidine rings is 1. The molecule has 0 atom stereocenters. The Labute approximate surface area is 168 Å². The number of pyridine rings is 1. The fourth-order valence-electron chi connectivity index (χ4n) is 3.91. The Hall–Kier alpha value is -3.41. The van der Waals surface area contributed by atoms with E-state index in [1.807, 2.05) is 46.0 Å². The molecule has 5 nitrogen and oxygen atoms in total. The average molecular weight is 388 g/mol. The van der Waals surface area contributed by atoms with Crippen molar-refractivity contribution in [2.75, 3.05) is 13.1 Å². The molecule has 1 aromatic carbocycles. The molecular formula is C23H21FN4O. The zero-order valence-electron chi connectivity index (χ0n) is 16.0. The second-order valence-electron chi connectivity index (χ2n) is 7.41. The molecule has 4 heterocycles. The highest BCUT2D eigenvalue weighted by atomic mass is 19.1. The lowest BCUT2D eigenvalue weighted by Crippen LogP contribution is -2.35. The maximum atomic E-state index is 13.2. The second kappa shape index (κ2) is 7.20. The summed E-state index contributed by atoms with van der Waals surface area (Å²) in [7, 11) is 0. The number of rotatable bonds is 3. The molecule has 0 bridgehead atoms. The SMILES string of the molecule is O=C(c1ccn(-c2ccc3ccc(-c4ccc(F)cc4)cn23)n1)N1CCCCC1. The standard InChI is InChI=1S/C23H21FN4O/c24-19-7-4-17(5-8-19)18-6-9-20-10-11-22(27(20)16-18)28-15-12-21(25-28)23(29)26-13-2-1-3-14-26/h4-12,15-16H,1-3,13-14H2. The van der Waals surface area contributed by atoms with Gasteiger partial charge in [-0.25, -0.2) is 9.07 Å². The lowest BCUT2D eigenvalue weighted by atomic mass is 10.1. The fraction of sp³-hybridized carbons (Fsp3) is 0.217. The van der Waals surface area contributed by atoms with Crippen molar-refractivity contribution in [1.82, 2.24) is 19.1 Å². The van der Waals surface area contributed by atoms with E-state index >= 15 is 0 Å². The first-order valence-corrected chi connectivity index (χ1v) is 9.91. The minimum Gasteiger partial charge on any atom is -0.337 e. The molecule has 0 spiro atoms. The Balaban J connectivity index is 1.49. The summed E-state index contributed by atoms with van der Waals surface area (Å²) in [6, 6.07) is 16.3. The van der Waals surface area contributed by atoms with Crippen LogP contribution in [0.5, 0.6) is 0 Å². The van der Waals surface area contributed by atoms with Gasteiger partial charge in [0.05, 0.1) is 0 Å². The molecule has 1 fully saturated rings. The van der Waals surface area contributed by atoms with Crippen molar-refractivity contribution in [2.45, 2.75) is 19.3 Å². The van der Waals surface area contributed by atoms with Gasteiger partial charge in [0.15, 0.2) is 5.69 Å². The Morgan fingerprint density at radius 2 is 1.59 bits per heavy atom. The van der Waals surface area contributed by atoms with E-state index in [0.29, 0.717) is 5.69 Å². The normalized spacial score (nSPS) is 14.4. The molecule has 1 aliphatic rings. The van der Waals surface area contributed by atoms with Crippen LogP contribution in [0.3, 0.4) is 0 Å². The predicted molar refractivity (Wildman–Crippen MR) is 110 cm³/mol. The van der Waals surface area contributed by atoms with Crippen molar-refractivity contribution in [3.8, 4) is 16.9 Å². The van der Waals surface area contributed by atoms with Gasteiger partial charge in [-0.05, 0) is 66.8 Å². The number of carbonyl (C=O) groups excluding carboxylic acids is 1. The maximum absolute atomic E-state index is 13.2. The molecule has 1 aliphatic heterocycles. The van der Waals surface area contributed by atoms with Crippen molar-refractivity contribution in [2.24, 2.45) is 0 Å². The third-order valence-electron chi connectivity index (χ3n) is 5.49. The molecule has 3 aromatic heterocycles. The summed E-state index contributed by atoms with van der Waals surface area (Å²) in [4.78, 5) is 14.6. The number of amides is 1. The monoisotopic (exact) mass is 388 g/mol. The number of likely N-dealkylation sites (tertiary alicyclic amines) is 1. The summed E-state index contributed by atoms with van der Waals surface area (Å²) in [5, 5.41) is 4.55. The zero-order valence-corrected chi connectivity index (χ0v) is 16.0. The van der Waals surface area contributed by atoms with Crippen LogP contribution < -0.4 is 0 Å². The lowest BCUT2D eigenvalue weighted by Gasteiger charge is -2.25. The number of aromatic nitrogens is 3. The summed E-state index contributed by atoms with van der Waals surface area (Å²) in [6.45, 7) is 1.61. The van der Waals surface area contributed by atoms with Gasteiger partial charge in [-0.2, -0.15) is 5.10 Å². The van der Waals surface area contributed by atoms with E-state index in [9.17, 15) is 9.18 Å². The first-order chi connectivity index (χ1) is 14.2. The van der Waals surface area contributed by atoms with Crippen molar-refractivity contribution < 1.29 is 9.18 Å². The van der Waals surface area contributed by atoms with Gasteiger partial charge in [0.25, 0.3) is 5.91 Å². The lowest BCUT2D eigenvalue weighted by molar-refractivity contribution is 0.0718. The number of nitrogens with zero attached hydrogens (tertiary/aromatic N) is 4. The Kier molecular flexibility index (Phi) is 4.39. The Morgan fingerprint density at radius 3 is 2.38 bits per heavy atom. The van der Waals surface area contributed by atoms with Crippen LogP contribution in [0.4, 0.5) is 4.39 Å². The summed E-state index contributed by atoms with van der Waals surface area (Å²) < 4.78 is 17.0. The number of hydrogen-bond acceptors (Lipinski definition) is 2. The Morgan fingerprint density at radius 1 is 0.862 bits per heavy atom. The van der Waals surface area contributed by atoms with Crippen molar-refractivity contribution in [3.05, 3.63) is 78.5 Å². The number of hydrogen-bond donors (Lipinski definition) is 0. The maximum Gasteiger partial charge on any atom is 0.274 e. The van der Waals surface area contributed by atoms with Crippen molar-refractivity contribution in [3.63, 3.8) is 0 Å². The van der Waals surface area contributed by atoms with Crippen LogP contribution in [-0.4, -0.2) is 38.1 Å². The Bertz CT molecular complexity index is 1170. The fourth-order valence-corrected chi connectivity index (χ4v) is 3.91. The molecule has 1 amide bonds. The molecule has 6 heteroatoms. The van der Waals surface area contributed by atoms with Crippen LogP contribution in [0, 0.1) is 5.82 Å². The van der Waals surface area contributed by atoms with Crippen LogP contribution in [0.25, 0.3) is 22.5 Å². The molecule has 146 valence electrons. The first kappa shape index (κ1) is 17.7. The minimum absolute atomic E-state index is 0.00341. The van der Waals surface area contributed by atoms with E-state index in [2.05, 4.69) is 5.10 Å². The topological polar surface area (TPSA) is 42.5 Å². The number of halogens is 1. The molecule has 5 rings (SSSR count). The summed E-state index contributed by atoms with van der Waals surface area (Å²) >= 11 is 0. The molecule has 0 N–H and O–H groups in total. The number of carbonyl (C=O) groups is 1. The number of fused-ring (bicyclic) bond motifs is 1. The van der Waals surface area contributed by atoms with Crippen LogP contribution in [0.1, 0.15) is 29.8 Å². The highest BCUT2D eigenvalue weighted by Gasteiger charge is 2.20. The minimum atomic E-state index is -0.251. The van der Waals surface area contributed by atoms with E-state index in [4.69, 9.17) is 0 Å². The van der Waals surface area contributed by atoms with Gasteiger partial charge in [0, 0.05) is 31.0 Å². The molecule has 0 aliphatic carbocycles. The van der Waals surface area contributed by atoms with Gasteiger partial charge in [-0.3, -0.25) is 4.79 Å². The van der Waals surface area contributed by atoms with Gasteiger partial charge in [-0.1, -0.05) is 18.2 Å². The molecule has 0 unspecified atom stereocenters. The van der Waals surface area contributed by atoms with Gasteiger partial charge >= 0.3 is 0 Å². The van der Waals surface area contributed by atoms with Crippen LogP contribution in [0.2, 0.25) is 0 Å². The van der Waals surface area contributed by atoms with Crippen LogP contribution in [0.15, 0.2) is 67.0 Å². The average Bonchev–Trinajstić information content (AvgIpc) is 3.41. The smallest absolute Gasteiger partial charge is 0.274 e. The third kappa shape index (κ3) is 3.31. The summed E-state index contributed by atoms with van der Waals surface area (Å²) in [5.74, 6) is 0.594. The molecule has 29 heavy (non-hydrogen) atoms. The van der Waals surface area contributed by atoms with E-state index in [1.54, 1.807) is 22.9 Å². The first-order valence-electron chi connectivity index (χ1n) is 9.91. The molecule has 1 saturated heterocycles. The van der Waals surface area contributed by atoms with E-state index in [-0.39, 0.29) is 11.7 Å².